The van der Waals surface area contributed by atoms with Gasteiger partial charge in [-0.05, 0) is 30.9 Å². The predicted molar refractivity (Wildman–Crippen MR) is 89.6 cm³/mol. The van der Waals surface area contributed by atoms with E-state index in [0.29, 0.717) is 24.0 Å². The molecule has 0 radical (unpaired) electrons. The van der Waals surface area contributed by atoms with E-state index in [9.17, 15) is 9.59 Å². The van der Waals surface area contributed by atoms with Gasteiger partial charge in [-0.1, -0.05) is 26.0 Å². The van der Waals surface area contributed by atoms with Gasteiger partial charge in [0.25, 0.3) is 0 Å². The first kappa shape index (κ1) is 17.1. The molecule has 1 aromatic rings. The van der Waals surface area contributed by atoms with E-state index in [1.165, 1.54) is 0 Å². The molecule has 1 aromatic carbocycles. The van der Waals surface area contributed by atoms with E-state index >= 15 is 0 Å². The van der Waals surface area contributed by atoms with Crippen molar-refractivity contribution in [1.29, 1.82) is 0 Å². The molecule has 6 nitrogen and oxygen atoms in total. The van der Waals surface area contributed by atoms with Crippen LogP contribution in [-0.4, -0.2) is 43.1 Å². The van der Waals surface area contributed by atoms with Crippen molar-refractivity contribution in [2.45, 2.75) is 26.7 Å². The van der Waals surface area contributed by atoms with E-state index < -0.39 is 6.03 Å². The van der Waals surface area contributed by atoms with Gasteiger partial charge in [0.05, 0.1) is 18.8 Å². The first-order valence-electron chi connectivity index (χ1n) is 8.10. The summed E-state index contributed by atoms with van der Waals surface area (Å²) in [5.41, 5.74) is 0.597. The normalized spacial score (nSPS) is 14.0. The third kappa shape index (κ3) is 5.47. The minimum atomic E-state index is -0.404. The molecule has 1 saturated heterocycles. The zero-order valence-electron chi connectivity index (χ0n) is 13.8. The zero-order valence-corrected chi connectivity index (χ0v) is 13.8. The van der Waals surface area contributed by atoms with Crippen LogP contribution in [0.15, 0.2) is 24.3 Å². The fourth-order valence-electron chi connectivity index (χ4n) is 2.35. The minimum Gasteiger partial charge on any atom is -0.491 e. The van der Waals surface area contributed by atoms with Gasteiger partial charge in [0.1, 0.15) is 5.75 Å². The molecule has 0 bridgehead atoms. The van der Waals surface area contributed by atoms with Crippen LogP contribution in [0, 0.1) is 5.92 Å². The fourth-order valence-corrected chi connectivity index (χ4v) is 2.35. The molecule has 6 heteroatoms. The van der Waals surface area contributed by atoms with Crippen molar-refractivity contribution in [3.8, 4) is 5.75 Å². The summed E-state index contributed by atoms with van der Waals surface area (Å²) in [5.74, 6) is 0.985. The third-order valence-electron chi connectivity index (χ3n) is 3.57. The van der Waals surface area contributed by atoms with Crippen molar-refractivity contribution in [2.24, 2.45) is 5.92 Å². The highest BCUT2D eigenvalue weighted by molar-refractivity contribution is 5.93. The Hall–Kier alpha value is -2.24. The zero-order chi connectivity index (χ0) is 16.7. The molecular weight excluding hydrogens is 294 g/mol. The van der Waals surface area contributed by atoms with Gasteiger partial charge in [0, 0.05) is 13.1 Å². The Balaban J connectivity index is 1.83. The number of benzene rings is 1. The molecule has 2 rings (SSSR count). The Kier molecular flexibility index (Phi) is 6.26. The van der Waals surface area contributed by atoms with Crippen LogP contribution in [0.5, 0.6) is 5.75 Å². The number of rotatable bonds is 6. The van der Waals surface area contributed by atoms with Gasteiger partial charge >= 0.3 is 6.03 Å². The number of urea groups is 1. The molecule has 126 valence electrons. The molecule has 0 unspecified atom stereocenters. The van der Waals surface area contributed by atoms with Crippen LogP contribution in [0.1, 0.15) is 26.7 Å². The number of ether oxygens (including phenoxy) is 1. The molecule has 0 aliphatic carbocycles. The number of likely N-dealkylation sites (tertiary alicyclic amines) is 1. The highest BCUT2D eigenvalue weighted by Gasteiger charge is 2.18. The number of nitrogens with one attached hydrogen (secondary N) is 2. The lowest BCUT2D eigenvalue weighted by atomic mass is 10.2. The van der Waals surface area contributed by atoms with Gasteiger partial charge in [-0.3, -0.25) is 4.79 Å². The van der Waals surface area contributed by atoms with E-state index in [2.05, 4.69) is 24.5 Å². The molecule has 1 aliphatic heterocycles. The van der Waals surface area contributed by atoms with Crippen LogP contribution >= 0.6 is 0 Å². The molecule has 0 aromatic heterocycles. The summed E-state index contributed by atoms with van der Waals surface area (Å²) < 4.78 is 5.69. The number of carbonyl (C=O) groups excluding carboxylic acids is 2. The molecular formula is C17H25N3O3. The molecule has 0 spiro atoms. The van der Waals surface area contributed by atoms with Gasteiger partial charge < -0.3 is 20.3 Å². The van der Waals surface area contributed by atoms with Gasteiger partial charge in [-0.15, -0.1) is 0 Å². The first-order valence-corrected chi connectivity index (χ1v) is 8.10. The lowest BCUT2D eigenvalue weighted by Crippen LogP contribution is -2.40. The van der Waals surface area contributed by atoms with Gasteiger partial charge in [0.15, 0.2) is 0 Å². The number of nitrogens with zero attached hydrogens (tertiary/aromatic N) is 1. The van der Waals surface area contributed by atoms with Crippen LogP contribution in [0.3, 0.4) is 0 Å². The van der Waals surface area contributed by atoms with Gasteiger partial charge in [-0.2, -0.15) is 0 Å². The molecule has 0 atom stereocenters. The van der Waals surface area contributed by atoms with Crippen molar-refractivity contribution in [3.05, 3.63) is 24.3 Å². The average Bonchev–Trinajstić information content (AvgIpc) is 3.06. The van der Waals surface area contributed by atoms with Crippen LogP contribution in [0.4, 0.5) is 10.5 Å². The second-order valence-corrected chi connectivity index (χ2v) is 6.10. The predicted octanol–water partition coefficient (Wildman–Crippen LogP) is 2.47. The van der Waals surface area contributed by atoms with E-state index in [1.54, 1.807) is 11.0 Å². The Bertz CT molecular complexity index is 540. The summed E-state index contributed by atoms with van der Waals surface area (Å²) in [6.07, 6.45) is 2.08. The largest absolute Gasteiger partial charge is 0.491 e. The second-order valence-electron chi connectivity index (χ2n) is 6.10. The summed E-state index contributed by atoms with van der Waals surface area (Å²) in [6, 6.07) is 6.87. The van der Waals surface area contributed by atoms with E-state index in [-0.39, 0.29) is 12.5 Å². The smallest absolute Gasteiger partial charge is 0.319 e. The SMILES string of the molecule is CC(C)COc1ccccc1NC(=O)NCC(=O)N1CCCC1. The summed E-state index contributed by atoms with van der Waals surface area (Å²) >= 11 is 0. The van der Waals surface area contributed by atoms with E-state index in [1.807, 2.05) is 18.2 Å². The van der Waals surface area contributed by atoms with Crippen LogP contribution in [0.2, 0.25) is 0 Å². The Morgan fingerprint density at radius 1 is 1.22 bits per heavy atom. The van der Waals surface area contributed by atoms with Crippen molar-refractivity contribution in [2.75, 3.05) is 31.6 Å². The van der Waals surface area contributed by atoms with Crippen molar-refractivity contribution in [3.63, 3.8) is 0 Å². The molecule has 0 saturated carbocycles. The number of hydrogen-bond donors (Lipinski definition) is 2. The average molecular weight is 319 g/mol. The van der Waals surface area contributed by atoms with Crippen LogP contribution < -0.4 is 15.4 Å². The summed E-state index contributed by atoms with van der Waals surface area (Å²) in [6.45, 7) is 6.29. The molecule has 23 heavy (non-hydrogen) atoms. The van der Waals surface area contributed by atoms with Crippen LogP contribution in [-0.2, 0) is 4.79 Å². The summed E-state index contributed by atoms with van der Waals surface area (Å²) in [4.78, 5) is 25.7. The number of carbonyl (C=O) groups is 2. The molecule has 1 heterocycles. The molecule has 1 aliphatic rings. The topological polar surface area (TPSA) is 70.7 Å². The molecule has 3 amide bonds. The standard InChI is InChI=1S/C17H25N3O3/c1-13(2)12-23-15-8-4-3-7-14(15)19-17(22)18-11-16(21)20-9-5-6-10-20/h3-4,7-8,13H,5-6,9-12H2,1-2H3,(H2,18,19,22). The minimum absolute atomic E-state index is 0.0147. The number of hydrogen-bond acceptors (Lipinski definition) is 3. The maximum Gasteiger partial charge on any atom is 0.319 e. The van der Waals surface area contributed by atoms with Gasteiger partial charge in [0.2, 0.25) is 5.91 Å². The van der Waals surface area contributed by atoms with E-state index in [4.69, 9.17) is 4.74 Å². The maximum atomic E-state index is 12.0. The number of para-hydroxylation sites is 2. The highest BCUT2D eigenvalue weighted by atomic mass is 16.5. The molecule has 2 N–H and O–H groups in total. The maximum absolute atomic E-state index is 12.0. The number of amides is 3. The van der Waals surface area contributed by atoms with Crippen LogP contribution in [0.25, 0.3) is 0 Å². The second kappa shape index (κ2) is 8.41. The van der Waals surface area contributed by atoms with Crippen molar-refractivity contribution in [1.82, 2.24) is 10.2 Å². The third-order valence-corrected chi connectivity index (χ3v) is 3.57. The van der Waals surface area contributed by atoms with E-state index in [0.717, 1.165) is 25.9 Å². The quantitative estimate of drug-likeness (QED) is 0.846. The lowest BCUT2D eigenvalue weighted by Gasteiger charge is -2.16. The van der Waals surface area contributed by atoms with Crippen molar-refractivity contribution < 1.29 is 14.3 Å². The van der Waals surface area contributed by atoms with Gasteiger partial charge in [-0.25, -0.2) is 4.79 Å². The fraction of sp³-hybridized carbons (Fsp3) is 0.529. The first-order chi connectivity index (χ1) is 11.1. The Morgan fingerprint density at radius 2 is 1.91 bits per heavy atom. The number of anilines is 1. The molecule has 1 fully saturated rings. The highest BCUT2D eigenvalue weighted by Crippen LogP contribution is 2.24. The lowest BCUT2D eigenvalue weighted by molar-refractivity contribution is -0.128. The summed E-state index contributed by atoms with van der Waals surface area (Å²) in [7, 11) is 0. The van der Waals surface area contributed by atoms with Crippen molar-refractivity contribution >= 4 is 17.6 Å². The Labute approximate surface area is 137 Å². The Morgan fingerprint density at radius 3 is 2.61 bits per heavy atom. The monoisotopic (exact) mass is 319 g/mol. The summed E-state index contributed by atoms with van der Waals surface area (Å²) in [5, 5.41) is 5.34.